The van der Waals surface area contributed by atoms with Crippen molar-refractivity contribution < 1.29 is 27.0 Å². The summed E-state index contributed by atoms with van der Waals surface area (Å²) in [6.07, 6.45) is 0. The summed E-state index contributed by atoms with van der Waals surface area (Å²) in [6.45, 7) is 0.00209. The summed E-state index contributed by atoms with van der Waals surface area (Å²) in [6, 6.07) is 4.41. The molecule has 1 aliphatic heterocycles. The molecule has 1 saturated heterocycles. The highest BCUT2D eigenvalue weighted by atomic mass is 32.2. The molecule has 1 aliphatic rings. The number of non-ortho nitro benzene ring substituents is 1. The highest BCUT2D eigenvalue weighted by molar-refractivity contribution is 7.86. The van der Waals surface area contributed by atoms with Crippen LogP contribution < -0.4 is 0 Å². The zero-order valence-electron chi connectivity index (χ0n) is 9.94. The minimum absolute atomic E-state index is 0.162. The Morgan fingerprint density at radius 1 is 1.42 bits per heavy atom. The molecule has 8 nitrogen and oxygen atoms in total. The lowest BCUT2D eigenvalue weighted by Crippen LogP contribution is -2.24. The second-order valence-electron chi connectivity index (χ2n) is 3.87. The summed E-state index contributed by atoms with van der Waals surface area (Å²) in [4.78, 5) is 9.68. The van der Waals surface area contributed by atoms with Gasteiger partial charge in [0.15, 0.2) is 0 Å². The van der Waals surface area contributed by atoms with Crippen LogP contribution in [-0.2, 0) is 23.8 Å². The van der Waals surface area contributed by atoms with Gasteiger partial charge >= 0.3 is 0 Å². The van der Waals surface area contributed by atoms with Gasteiger partial charge in [0.05, 0.1) is 9.82 Å². The number of rotatable bonds is 6. The Bertz CT molecular complexity index is 576. The van der Waals surface area contributed by atoms with Crippen LogP contribution in [0, 0.1) is 10.1 Å². The van der Waals surface area contributed by atoms with Gasteiger partial charge in [0.1, 0.15) is 13.2 Å². The fourth-order valence-electron chi connectivity index (χ4n) is 1.31. The molecule has 0 radical (unpaired) electrons. The van der Waals surface area contributed by atoms with Gasteiger partial charge in [0, 0.05) is 19.2 Å². The largest absolute Gasteiger partial charge is 0.349 e. The molecule has 0 aliphatic carbocycles. The first-order chi connectivity index (χ1) is 8.88. The number of methoxy groups -OCH3 is 1. The first-order valence-electron chi connectivity index (χ1n) is 5.22. The third kappa shape index (κ3) is 3.07. The average Bonchev–Trinajstić information content (AvgIpc) is 3.17. The SMILES string of the molecule is CO[C@@]1(COS(=O)(=O)c2ccc([N+](=O)[O-])cc2)CO1. The van der Waals surface area contributed by atoms with Gasteiger partial charge in [-0.25, -0.2) is 0 Å². The number of nitro benzene ring substituents is 1. The third-order valence-corrected chi connectivity index (χ3v) is 3.89. The molecule has 0 amide bonds. The Kier molecular flexibility index (Phi) is 3.54. The molecule has 0 bridgehead atoms. The van der Waals surface area contributed by atoms with Crippen LogP contribution in [0.2, 0.25) is 0 Å². The van der Waals surface area contributed by atoms with Gasteiger partial charge in [-0.1, -0.05) is 0 Å². The highest BCUT2D eigenvalue weighted by Crippen LogP contribution is 2.29. The van der Waals surface area contributed by atoms with Crippen LogP contribution in [0.15, 0.2) is 29.2 Å². The van der Waals surface area contributed by atoms with Crippen molar-refractivity contribution in [2.45, 2.75) is 10.7 Å². The van der Waals surface area contributed by atoms with Gasteiger partial charge in [-0.15, -0.1) is 0 Å². The molecular formula is C10H11NO7S. The summed E-state index contributed by atoms with van der Waals surface area (Å²) in [5.74, 6) is -0.992. The van der Waals surface area contributed by atoms with Crippen molar-refractivity contribution in [3.63, 3.8) is 0 Å². The van der Waals surface area contributed by atoms with E-state index < -0.39 is 20.8 Å². The van der Waals surface area contributed by atoms with Gasteiger partial charge in [0.25, 0.3) is 15.8 Å². The van der Waals surface area contributed by atoms with Crippen LogP contribution in [0.4, 0.5) is 5.69 Å². The van der Waals surface area contributed by atoms with E-state index in [1.807, 2.05) is 0 Å². The average molecular weight is 289 g/mol. The molecule has 0 N–H and O–H groups in total. The van der Waals surface area contributed by atoms with Crippen molar-refractivity contribution in [3.8, 4) is 0 Å². The number of nitro groups is 1. The summed E-state index contributed by atoms with van der Waals surface area (Å²) < 4.78 is 38.2. The number of ether oxygens (including phenoxy) is 2. The molecule has 1 heterocycles. The van der Waals surface area contributed by atoms with Gasteiger partial charge in [-0.3, -0.25) is 14.3 Å². The molecule has 1 fully saturated rings. The maximum atomic E-state index is 11.8. The predicted molar refractivity (Wildman–Crippen MR) is 61.9 cm³/mol. The van der Waals surface area contributed by atoms with E-state index in [0.29, 0.717) is 0 Å². The zero-order valence-corrected chi connectivity index (χ0v) is 10.8. The molecule has 0 unspecified atom stereocenters. The van der Waals surface area contributed by atoms with Gasteiger partial charge in [-0.05, 0) is 12.1 Å². The molecule has 1 aromatic carbocycles. The maximum absolute atomic E-state index is 11.8. The van der Waals surface area contributed by atoms with Crippen LogP contribution in [0.1, 0.15) is 0 Å². The smallest absolute Gasteiger partial charge is 0.297 e. The second kappa shape index (κ2) is 4.85. The van der Waals surface area contributed by atoms with Crippen molar-refractivity contribution >= 4 is 15.8 Å². The second-order valence-corrected chi connectivity index (χ2v) is 5.49. The maximum Gasteiger partial charge on any atom is 0.297 e. The summed E-state index contributed by atoms with van der Waals surface area (Å²) in [5.41, 5.74) is -0.196. The Hall–Kier alpha value is -1.55. The van der Waals surface area contributed by atoms with E-state index in [9.17, 15) is 18.5 Å². The van der Waals surface area contributed by atoms with Crippen molar-refractivity contribution in [2.75, 3.05) is 20.3 Å². The highest BCUT2D eigenvalue weighted by Gasteiger charge is 2.47. The van der Waals surface area contributed by atoms with E-state index in [0.717, 1.165) is 24.3 Å². The molecule has 104 valence electrons. The lowest BCUT2D eigenvalue weighted by Gasteiger charge is -2.10. The van der Waals surface area contributed by atoms with E-state index in [1.165, 1.54) is 7.11 Å². The van der Waals surface area contributed by atoms with Crippen molar-refractivity contribution in [2.24, 2.45) is 0 Å². The van der Waals surface area contributed by atoms with Crippen LogP contribution in [-0.4, -0.2) is 39.5 Å². The number of hydrogen-bond donors (Lipinski definition) is 0. The van der Waals surface area contributed by atoms with Crippen molar-refractivity contribution in [1.82, 2.24) is 0 Å². The fraction of sp³-hybridized carbons (Fsp3) is 0.400. The number of nitrogens with zero attached hydrogens (tertiary/aromatic N) is 1. The molecule has 0 spiro atoms. The van der Waals surface area contributed by atoms with E-state index in [1.54, 1.807) is 0 Å². The number of hydrogen-bond acceptors (Lipinski definition) is 7. The zero-order chi connectivity index (χ0) is 14.1. The summed E-state index contributed by atoms with van der Waals surface area (Å²) in [5, 5.41) is 10.5. The Morgan fingerprint density at radius 3 is 2.42 bits per heavy atom. The van der Waals surface area contributed by atoms with Crippen LogP contribution >= 0.6 is 0 Å². The summed E-state index contributed by atoms with van der Waals surface area (Å²) in [7, 11) is -2.60. The number of epoxide rings is 1. The van der Waals surface area contributed by atoms with Crippen molar-refractivity contribution in [3.05, 3.63) is 34.4 Å². The van der Waals surface area contributed by atoms with Gasteiger partial charge in [0.2, 0.25) is 5.79 Å². The molecule has 19 heavy (non-hydrogen) atoms. The number of benzene rings is 1. The molecule has 0 saturated carbocycles. The molecule has 0 aromatic heterocycles. The van der Waals surface area contributed by atoms with E-state index in [-0.39, 0.29) is 23.8 Å². The molecule has 2 rings (SSSR count). The first-order valence-corrected chi connectivity index (χ1v) is 6.62. The minimum atomic E-state index is -3.99. The van der Waals surface area contributed by atoms with E-state index in [4.69, 9.17) is 13.7 Å². The molecular weight excluding hydrogens is 278 g/mol. The van der Waals surface area contributed by atoms with Crippen LogP contribution in [0.25, 0.3) is 0 Å². The van der Waals surface area contributed by atoms with Gasteiger partial charge < -0.3 is 9.47 Å². The lowest BCUT2D eigenvalue weighted by atomic mass is 10.3. The Labute approximate surface area is 109 Å². The fourth-order valence-corrected chi connectivity index (χ4v) is 2.25. The molecule has 1 atom stereocenters. The Balaban J connectivity index is 2.08. The van der Waals surface area contributed by atoms with E-state index in [2.05, 4.69) is 0 Å². The lowest BCUT2D eigenvalue weighted by molar-refractivity contribution is -0.384. The predicted octanol–water partition coefficient (Wildman–Crippen LogP) is 0.673. The first kappa shape index (κ1) is 13.9. The monoisotopic (exact) mass is 289 g/mol. The summed E-state index contributed by atoms with van der Waals surface area (Å²) >= 11 is 0. The topological polar surface area (TPSA) is 108 Å². The quantitative estimate of drug-likeness (QED) is 0.328. The van der Waals surface area contributed by atoms with Gasteiger partial charge in [-0.2, -0.15) is 8.42 Å². The standard InChI is InChI=1S/C10H11NO7S/c1-16-10(6-17-10)7-18-19(14,15)9-4-2-8(3-5-9)11(12)13/h2-5H,6-7H2,1H3/t10-/m0/s1. The van der Waals surface area contributed by atoms with Crippen LogP contribution in [0.3, 0.4) is 0 Å². The molecule has 9 heteroatoms. The molecule has 1 aromatic rings. The minimum Gasteiger partial charge on any atom is -0.349 e. The van der Waals surface area contributed by atoms with Crippen molar-refractivity contribution in [1.29, 1.82) is 0 Å². The normalized spacial score (nSPS) is 22.2. The third-order valence-electron chi connectivity index (χ3n) is 2.61. The van der Waals surface area contributed by atoms with Crippen LogP contribution in [0.5, 0.6) is 0 Å². The Morgan fingerprint density at radius 2 is 2.00 bits per heavy atom. The van der Waals surface area contributed by atoms with E-state index >= 15 is 0 Å².